The van der Waals surface area contributed by atoms with E-state index in [4.69, 9.17) is 15.4 Å². The summed E-state index contributed by atoms with van der Waals surface area (Å²) in [6, 6.07) is 19.9. The first-order valence-electron chi connectivity index (χ1n) is 11.6. The smallest absolute Gasteiger partial charge is 0.282 e. The summed E-state index contributed by atoms with van der Waals surface area (Å²) in [4.78, 5) is 19.7. The average Bonchev–Trinajstić information content (AvgIpc) is 3.31. The Morgan fingerprint density at radius 2 is 1.89 bits per heavy atom. The first-order valence-corrected chi connectivity index (χ1v) is 13.1. The Hall–Kier alpha value is -3.49. The highest BCUT2D eigenvalue weighted by Crippen LogP contribution is 2.30. The van der Waals surface area contributed by atoms with Gasteiger partial charge in [0.25, 0.3) is 13.6 Å². The highest BCUT2D eigenvalue weighted by molar-refractivity contribution is 7.44. The largest absolute Gasteiger partial charge is 0.756 e. The van der Waals surface area contributed by atoms with Crippen LogP contribution < -0.4 is 19.9 Å². The summed E-state index contributed by atoms with van der Waals surface area (Å²) in [6.07, 6.45) is 7.26. The van der Waals surface area contributed by atoms with Gasteiger partial charge < -0.3 is 14.5 Å². The van der Waals surface area contributed by atoms with E-state index in [1.807, 2.05) is 42.6 Å². The predicted octanol–water partition coefficient (Wildman–Crippen LogP) is 3.43. The van der Waals surface area contributed by atoms with E-state index in [9.17, 15) is 9.46 Å². The number of nitrogens with two attached hydrogens (primary N) is 1. The number of nitrogens with zero attached hydrogens (tertiary/aromatic N) is 3. The van der Waals surface area contributed by atoms with Crippen LogP contribution in [0.15, 0.2) is 79.3 Å². The van der Waals surface area contributed by atoms with Gasteiger partial charge in [-0.3, -0.25) is 19.5 Å². The van der Waals surface area contributed by atoms with Gasteiger partial charge in [0, 0.05) is 11.8 Å². The number of aryl methyl sites for hydroxylation is 1. The summed E-state index contributed by atoms with van der Waals surface area (Å²) in [5.74, 6) is 1.16. The van der Waals surface area contributed by atoms with Crippen molar-refractivity contribution in [2.24, 2.45) is 0 Å². The lowest BCUT2D eigenvalue weighted by Gasteiger charge is -2.15. The molecular formula is C26H29N4O5P. The molecule has 0 aliphatic rings. The first kappa shape index (κ1) is 25.6. The van der Waals surface area contributed by atoms with Gasteiger partial charge in [-0.1, -0.05) is 49.7 Å². The van der Waals surface area contributed by atoms with Crippen LogP contribution in [0.2, 0.25) is 0 Å². The molecule has 0 radical (unpaired) electrons. The maximum atomic E-state index is 10.9. The first-order chi connectivity index (χ1) is 17.3. The molecule has 0 aliphatic carbocycles. The van der Waals surface area contributed by atoms with Crippen molar-refractivity contribution in [1.29, 1.82) is 0 Å². The SMILES string of the molecule is CCCc1cccc(OCc2ccc(Cn3cc(-c4ccc[n+](COP(=O)([O-])O)c4N)cn3)cc2)c1. The van der Waals surface area contributed by atoms with Crippen molar-refractivity contribution < 1.29 is 28.2 Å². The third-order valence-electron chi connectivity index (χ3n) is 5.63. The summed E-state index contributed by atoms with van der Waals surface area (Å²) in [5.41, 5.74) is 11.1. The van der Waals surface area contributed by atoms with Crippen molar-refractivity contribution >= 4 is 13.6 Å². The molecule has 188 valence electrons. The number of anilines is 1. The molecule has 4 aromatic rings. The third-order valence-corrected chi connectivity index (χ3v) is 6.07. The van der Waals surface area contributed by atoms with Crippen LogP contribution in [0.3, 0.4) is 0 Å². The van der Waals surface area contributed by atoms with Crippen molar-refractivity contribution in [3.05, 3.63) is 95.9 Å². The Balaban J connectivity index is 1.37. The Labute approximate surface area is 210 Å². The standard InChI is InChI=1S/C26H29N4O5P/c1-2-5-20-6-3-7-24(14-20)34-18-22-11-9-21(10-12-22)16-30-17-23(15-28-30)25-8-4-13-29(26(25)27)19-35-36(31,32)33/h3-4,6-15,17,27H,2,5,16,18-19H2,1H3,(H2,31,32,33). The van der Waals surface area contributed by atoms with Crippen LogP contribution in [0, 0.1) is 0 Å². The van der Waals surface area contributed by atoms with Crippen LogP contribution >= 0.6 is 7.82 Å². The van der Waals surface area contributed by atoms with E-state index >= 15 is 0 Å². The van der Waals surface area contributed by atoms with E-state index in [2.05, 4.69) is 28.7 Å². The van der Waals surface area contributed by atoms with Crippen molar-refractivity contribution in [2.45, 2.75) is 39.6 Å². The van der Waals surface area contributed by atoms with Gasteiger partial charge in [0.15, 0.2) is 6.73 Å². The molecule has 0 bridgehead atoms. The monoisotopic (exact) mass is 508 g/mol. The second-order valence-electron chi connectivity index (χ2n) is 8.43. The highest BCUT2D eigenvalue weighted by Gasteiger charge is 2.16. The molecule has 1 unspecified atom stereocenters. The van der Waals surface area contributed by atoms with Gasteiger partial charge in [0.2, 0.25) is 0 Å². The molecule has 2 heterocycles. The van der Waals surface area contributed by atoms with Crippen LogP contribution in [0.5, 0.6) is 5.75 Å². The quantitative estimate of drug-likeness (QED) is 0.235. The van der Waals surface area contributed by atoms with Crippen molar-refractivity contribution in [3.63, 3.8) is 0 Å². The third kappa shape index (κ3) is 7.02. The van der Waals surface area contributed by atoms with Gasteiger partial charge >= 0.3 is 0 Å². The lowest BCUT2D eigenvalue weighted by atomic mass is 10.1. The molecule has 0 saturated carbocycles. The number of hydrogen-bond acceptors (Lipinski definition) is 6. The number of aromatic nitrogens is 3. The van der Waals surface area contributed by atoms with E-state index in [-0.39, 0.29) is 5.82 Å². The van der Waals surface area contributed by atoms with Gasteiger partial charge in [-0.25, -0.2) is 4.57 Å². The summed E-state index contributed by atoms with van der Waals surface area (Å²) in [6.45, 7) is 2.81. The van der Waals surface area contributed by atoms with Gasteiger partial charge in [-0.05, 0) is 47.4 Å². The fourth-order valence-corrected chi connectivity index (χ4v) is 4.09. The highest BCUT2D eigenvalue weighted by atomic mass is 31.2. The van der Waals surface area contributed by atoms with E-state index in [0.29, 0.717) is 18.7 Å². The number of benzene rings is 2. The maximum absolute atomic E-state index is 10.9. The zero-order chi connectivity index (χ0) is 25.5. The Morgan fingerprint density at radius 1 is 1.11 bits per heavy atom. The minimum absolute atomic E-state index is 0.287. The maximum Gasteiger partial charge on any atom is 0.282 e. The molecular weight excluding hydrogens is 479 g/mol. The van der Waals surface area contributed by atoms with E-state index < -0.39 is 14.6 Å². The van der Waals surface area contributed by atoms with Crippen LogP contribution in [-0.4, -0.2) is 14.7 Å². The molecule has 2 aromatic heterocycles. The van der Waals surface area contributed by atoms with Gasteiger partial charge in [0.1, 0.15) is 12.4 Å². The zero-order valence-corrected chi connectivity index (χ0v) is 20.9. The van der Waals surface area contributed by atoms with Crippen molar-refractivity contribution in [3.8, 4) is 16.9 Å². The molecule has 0 spiro atoms. The van der Waals surface area contributed by atoms with Crippen molar-refractivity contribution in [1.82, 2.24) is 9.78 Å². The van der Waals surface area contributed by atoms with Crippen LogP contribution in [0.25, 0.3) is 11.1 Å². The molecule has 4 rings (SSSR count). The Kier molecular flexibility index (Phi) is 8.18. The number of phosphoric acid groups is 1. The van der Waals surface area contributed by atoms with Crippen LogP contribution in [0.4, 0.5) is 5.82 Å². The summed E-state index contributed by atoms with van der Waals surface area (Å²) in [5, 5.41) is 4.43. The van der Waals surface area contributed by atoms with Crippen LogP contribution in [0.1, 0.15) is 30.0 Å². The molecule has 0 aliphatic heterocycles. The minimum atomic E-state index is -4.85. The van der Waals surface area contributed by atoms with E-state index in [0.717, 1.165) is 35.3 Å². The molecule has 10 heteroatoms. The van der Waals surface area contributed by atoms with Gasteiger partial charge in [-0.15, -0.1) is 0 Å². The average molecular weight is 509 g/mol. The number of rotatable bonds is 11. The molecule has 1 atom stereocenters. The topological polar surface area (TPSA) is 127 Å². The molecule has 0 amide bonds. The summed E-state index contributed by atoms with van der Waals surface area (Å²) in [7, 11) is -4.85. The lowest BCUT2D eigenvalue weighted by molar-refractivity contribution is -0.712. The zero-order valence-electron chi connectivity index (χ0n) is 20.0. The number of phosphoric ester groups is 1. The lowest BCUT2D eigenvalue weighted by Crippen LogP contribution is -2.38. The van der Waals surface area contributed by atoms with E-state index in [1.54, 1.807) is 29.2 Å². The van der Waals surface area contributed by atoms with Gasteiger partial charge in [0.05, 0.1) is 24.5 Å². The molecule has 0 fully saturated rings. The fourth-order valence-electron chi connectivity index (χ4n) is 3.82. The van der Waals surface area contributed by atoms with Gasteiger partial charge in [-0.2, -0.15) is 5.10 Å². The Morgan fingerprint density at radius 3 is 2.64 bits per heavy atom. The number of ether oxygens (including phenoxy) is 1. The summed E-state index contributed by atoms with van der Waals surface area (Å²) < 4.78 is 24.5. The molecule has 2 aromatic carbocycles. The van der Waals surface area contributed by atoms with E-state index in [1.165, 1.54) is 10.1 Å². The molecule has 0 saturated heterocycles. The van der Waals surface area contributed by atoms with Crippen LogP contribution in [-0.2, 0) is 35.4 Å². The number of nitrogen functional groups attached to an aromatic ring is 1. The second-order valence-corrected chi connectivity index (χ2v) is 9.63. The summed E-state index contributed by atoms with van der Waals surface area (Å²) >= 11 is 0. The number of hydrogen-bond donors (Lipinski definition) is 2. The van der Waals surface area contributed by atoms with Crippen molar-refractivity contribution in [2.75, 3.05) is 5.73 Å². The number of pyridine rings is 1. The molecule has 9 nitrogen and oxygen atoms in total. The normalized spacial score (nSPS) is 12.9. The molecule has 36 heavy (non-hydrogen) atoms. The fraction of sp³-hybridized carbons (Fsp3) is 0.231. The second kappa shape index (κ2) is 11.5. The molecule has 3 N–H and O–H groups in total. The Bertz CT molecular complexity index is 1350. The predicted molar refractivity (Wildman–Crippen MR) is 133 cm³/mol. The minimum Gasteiger partial charge on any atom is -0.756 e.